The first-order valence-corrected chi connectivity index (χ1v) is 8.01. The van der Waals surface area contributed by atoms with E-state index in [1.54, 1.807) is 0 Å². The lowest BCUT2D eigenvalue weighted by Crippen LogP contribution is -2.18. The van der Waals surface area contributed by atoms with Crippen LogP contribution in [-0.2, 0) is 16.6 Å². The zero-order chi connectivity index (χ0) is 15.5. The predicted molar refractivity (Wildman–Crippen MR) is 78.2 cm³/mol. The standard InChI is InChI=1S/C12H14ClFN4O2S/c1-2-15-6-8-7-16-17-12(8)21(19,20)18-9-3-4-11(14)10(13)5-9/h3-5,7,15,18H,2,6H2,1H3,(H,16,17). The van der Waals surface area contributed by atoms with Gasteiger partial charge in [0, 0.05) is 12.1 Å². The Balaban J connectivity index is 2.26. The first kappa shape index (κ1) is 15.7. The second-order valence-corrected chi connectivity index (χ2v) is 6.27. The van der Waals surface area contributed by atoms with E-state index in [-0.39, 0.29) is 15.7 Å². The Morgan fingerprint density at radius 1 is 1.43 bits per heavy atom. The van der Waals surface area contributed by atoms with E-state index in [0.29, 0.717) is 18.7 Å². The fourth-order valence-corrected chi connectivity index (χ4v) is 3.05. The van der Waals surface area contributed by atoms with E-state index in [4.69, 9.17) is 11.6 Å². The highest BCUT2D eigenvalue weighted by molar-refractivity contribution is 7.92. The summed E-state index contributed by atoms with van der Waals surface area (Å²) in [5.74, 6) is -0.617. The van der Waals surface area contributed by atoms with Crippen molar-refractivity contribution < 1.29 is 12.8 Å². The molecule has 114 valence electrons. The highest BCUT2D eigenvalue weighted by atomic mass is 35.5. The third-order valence-electron chi connectivity index (χ3n) is 2.68. The van der Waals surface area contributed by atoms with Crippen molar-refractivity contribution in [3.8, 4) is 0 Å². The maximum Gasteiger partial charge on any atom is 0.279 e. The van der Waals surface area contributed by atoms with E-state index in [9.17, 15) is 12.8 Å². The summed E-state index contributed by atoms with van der Waals surface area (Å²) >= 11 is 5.63. The summed E-state index contributed by atoms with van der Waals surface area (Å²) in [6.45, 7) is 2.98. The van der Waals surface area contributed by atoms with Gasteiger partial charge in [0.2, 0.25) is 0 Å². The molecule has 1 aromatic carbocycles. The molecular weight excluding hydrogens is 319 g/mol. The Bertz CT molecular complexity index is 733. The van der Waals surface area contributed by atoms with Gasteiger partial charge >= 0.3 is 0 Å². The van der Waals surface area contributed by atoms with Crippen molar-refractivity contribution in [2.45, 2.75) is 18.5 Å². The van der Waals surface area contributed by atoms with Gasteiger partial charge in [-0.1, -0.05) is 18.5 Å². The SMILES string of the molecule is CCNCc1cn[nH]c1S(=O)(=O)Nc1ccc(F)c(Cl)c1. The molecule has 0 bridgehead atoms. The van der Waals surface area contributed by atoms with Gasteiger partial charge in [-0.3, -0.25) is 9.82 Å². The number of aromatic amines is 1. The van der Waals surface area contributed by atoms with Crippen molar-refractivity contribution in [1.29, 1.82) is 0 Å². The van der Waals surface area contributed by atoms with Crippen LogP contribution in [0.3, 0.4) is 0 Å². The minimum Gasteiger partial charge on any atom is -0.313 e. The molecule has 0 aliphatic heterocycles. The molecule has 0 aliphatic rings. The summed E-state index contributed by atoms with van der Waals surface area (Å²) < 4.78 is 40.0. The second kappa shape index (κ2) is 6.42. The van der Waals surface area contributed by atoms with Gasteiger partial charge in [0.1, 0.15) is 5.82 Å². The average molecular weight is 333 g/mol. The maximum absolute atomic E-state index is 13.1. The number of rotatable bonds is 6. The van der Waals surface area contributed by atoms with Gasteiger partial charge in [0.05, 0.1) is 16.9 Å². The van der Waals surface area contributed by atoms with Crippen molar-refractivity contribution >= 4 is 27.3 Å². The highest BCUT2D eigenvalue weighted by Gasteiger charge is 2.21. The fraction of sp³-hybridized carbons (Fsp3) is 0.250. The summed E-state index contributed by atoms with van der Waals surface area (Å²) in [6, 6.07) is 3.58. The Hall–Kier alpha value is -1.64. The zero-order valence-electron chi connectivity index (χ0n) is 11.2. The number of anilines is 1. The molecule has 2 rings (SSSR count). The van der Waals surface area contributed by atoms with E-state index in [0.717, 1.165) is 6.07 Å². The Labute approximate surface area is 126 Å². The number of H-pyrrole nitrogens is 1. The molecular formula is C12H14ClFN4O2S. The molecule has 0 aliphatic carbocycles. The Kier molecular flexibility index (Phi) is 4.81. The summed E-state index contributed by atoms with van der Waals surface area (Å²) in [6.07, 6.45) is 1.44. The number of hydrogen-bond acceptors (Lipinski definition) is 4. The number of hydrogen-bond donors (Lipinski definition) is 3. The zero-order valence-corrected chi connectivity index (χ0v) is 12.7. The minimum atomic E-state index is -3.85. The number of halogens is 2. The number of benzene rings is 1. The van der Waals surface area contributed by atoms with Crippen LogP contribution in [0.25, 0.3) is 0 Å². The molecule has 0 unspecified atom stereocenters. The van der Waals surface area contributed by atoms with Crippen LogP contribution in [0.5, 0.6) is 0 Å². The van der Waals surface area contributed by atoms with E-state index in [2.05, 4.69) is 20.2 Å². The molecule has 3 N–H and O–H groups in total. The van der Waals surface area contributed by atoms with Crippen LogP contribution in [0.1, 0.15) is 12.5 Å². The minimum absolute atomic E-state index is 0.0381. The summed E-state index contributed by atoms with van der Waals surface area (Å²) in [4.78, 5) is 0. The molecule has 2 aromatic rings. The van der Waals surface area contributed by atoms with Crippen molar-refractivity contribution in [2.24, 2.45) is 0 Å². The Morgan fingerprint density at radius 3 is 2.86 bits per heavy atom. The maximum atomic E-state index is 13.1. The topological polar surface area (TPSA) is 86.9 Å². The molecule has 21 heavy (non-hydrogen) atoms. The lowest BCUT2D eigenvalue weighted by Gasteiger charge is -2.09. The third-order valence-corrected chi connectivity index (χ3v) is 4.37. The van der Waals surface area contributed by atoms with Gasteiger partial charge in [-0.15, -0.1) is 0 Å². The van der Waals surface area contributed by atoms with Crippen LogP contribution in [0.4, 0.5) is 10.1 Å². The monoisotopic (exact) mass is 332 g/mol. The van der Waals surface area contributed by atoms with Gasteiger partial charge in [0.15, 0.2) is 5.03 Å². The van der Waals surface area contributed by atoms with E-state index < -0.39 is 15.8 Å². The number of nitrogens with zero attached hydrogens (tertiary/aromatic N) is 1. The molecule has 0 saturated carbocycles. The molecule has 0 amide bonds. The number of aromatic nitrogens is 2. The van der Waals surface area contributed by atoms with Gasteiger partial charge in [-0.2, -0.15) is 13.5 Å². The van der Waals surface area contributed by atoms with Crippen LogP contribution in [0.2, 0.25) is 5.02 Å². The normalized spacial score (nSPS) is 11.6. The number of sulfonamides is 1. The first-order chi connectivity index (χ1) is 9.94. The molecule has 1 heterocycles. The van der Waals surface area contributed by atoms with Crippen molar-refractivity contribution in [1.82, 2.24) is 15.5 Å². The van der Waals surface area contributed by atoms with Gasteiger partial charge in [-0.05, 0) is 24.7 Å². The number of nitrogens with one attached hydrogen (secondary N) is 3. The highest BCUT2D eigenvalue weighted by Crippen LogP contribution is 2.22. The van der Waals surface area contributed by atoms with Crippen LogP contribution in [0.15, 0.2) is 29.4 Å². The summed E-state index contributed by atoms with van der Waals surface area (Å²) in [7, 11) is -3.85. The second-order valence-electron chi connectivity index (χ2n) is 4.24. The third kappa shape index (κ3) is 3.72. The van der Waals surface area contributed by atoms with Crippen molar-refractivity contribution in [2.75, 3.05) is 11.3 Å². The molecule has 6 nitrogen and oxygen atoms in total. The van der Waals surface area contributed by atoms with Crippen molar-refractivity contribution in [3.63, 3.8) is 0 Å². The average Bonchev–Trinajstić information content (AvgIpc) is 2.89. The van der Waals surface area contributed by atoms with Crippen LogP contribution in [0, 0.1) is 5.82 Å². The summed E-state index contributed by atoms with van der Waals surface area (Å²) in [5.41, 5.74) is 0.683. The van der Waals surface area contributed by atoms with Gasteiger partial charge in [0.25, 0.3) is 10.0 Å². The smallest absolute Gasteiger partial charge is 0.279 e. The first-order valence-electron chi connectivity index (χ1n) is 6.15. The van der Waals surface area contributed by atoms with Gasteiger partial charge in [-0.25, -0.2) is 4.39 Å². The molecule has 0 radical (unpaired) electrons. The van der Waals surface area contributed by atoms with E-state index >= 15 is 0 Å². The Morgan fingerprint density at radius 2 is 2.19 bits per heavy atom. The van der Waals surface area contributed by atoms with E-state index in [1.807, 2.05) is 6.92 Å². The fourth-order valence-electron chi connectivity index (χ4n) is 1.68. The van der Waals surface area contributed by atoms with Crippen LogP contribution >= 0.6 is 11.6 Å². The van der Waals surface area contributed by atoms with Gasteiger partial charge < -0.3 is 5.32 Å². The van der Waals surface area contributed by atoms with Crippen molar-refractivity contribution in [3.05, 3.63) is 40.8 Å². The quantitative estimate of drug-likeness (QED) is 0.756. The molecule has 1 aromatic heterocycles. The summed E-state index contributed by atoms with van der Waals surface area (Å²) in [5, 5.41) is 9.02. The van der Waals surface area contributed by atoms with Crippen LogP contribution in [-0.4, -0.2) is 25.2 Å². The molecule has 0 atom stereocenters. The lowest BCUT2D eigenvalue weighted by molar-refractivity contribution is 0.594. The molecule has 0 spiro atoms. The van der Waals surface area contributed by atoms with Crippen LogP contribution < -0.4 is 10.0 Å². The molecule has 0 fully saturated rings. The molecule has 0 saturated heterocycles. The predicted octanol–water partition coefficient (Wildman–Crippen LogP) is 2.11. The lowest BCUT2D eigenvalue weighted by atomic mass is 10.3. The largest absolute Gasteiger partial charge is 0.313 e. The molecule has 9 heteroatoms. The van der Waals surface area contributed by atoms with E-state index in [1.165, 1.54) is 18.3 Å².